The van der Waals surface area contributed by atoms with Crippen molar-refractivity contribution in [1.29, 1.82) is 0 Å². The molecule has 27 heavy (non-hydrogen) atoms. The molecule has 2 fully saturated rings. The minimum Gasteiger partial charge on any atom is -0.351 e. The van der Waals surface area contributed by atoms with Crippen LogP contribution in [0.15, 0.2) is 36.2 Å². The summed E-state index contributed by atoms with van der Waals surface area (Å²) in [7, 11) is 0. The highest BCUT2D eigenvalue weighted by Gasteiger charge is 2.40. The molecule has 1 aromatic rings. The molecule has 0 radical (unpaired) electrons. The van der Waals surface area contributed by atoms with Crippen molar-refractivity contribution < 1.29 is 14.4 Å². The van der Waals surface area contributed by atoms with Gasteiger partial charge in [-0.3, -0.25) is 14.4 Å². The first-order valence-electron chi connectivity index (χ1n) is 9.22. The Bertz CT molecular complexity index is 804. The maximum Gasteiger partial charge on any atom is 0.248 e. The summed E-state index contributed by atoms with van der Waals surface area (Å²) in [5, 5.41) is 7.40. The Morgan fingerprint density at radius 2 is 2.04 bits per heavy atom. The lowest BCUT2D eigenvalue weighted by Crippen LogP contribution is -2.49. The normalized spacial score (nSPS) is 24.6. The van der Waals surface area contributed by atoms with Crippen LogP contribution in [0.1, 0.15) is 31.7 Å². The average Bonchev–Trinajstić information content (AvgIpc) is 3.26. The number of carbonyl (C=O) groups excluding carboxylic acids is 3. The van der Waals surface area contributed by atoms with Gasteiger partial charge in [-0.2, -0.15) is 0 Å². The Morgan fingerprint density at radius 3 is 2.74 bits per heavy atom. The van der Waals surface area contributed by atoms with Gasteiger partial charge in [-0.05, 0) is 31.0 Å². The van der Waals surface area contributed by atoms with E-state index < -0.39 is 6.04 Å². The fraction of sp³-hybridized carbons (Fsp3) is 0.421. The number of hydrazine groups is 1. The molecule has 0 spiro atoms. The van der Waals surface area contributed by atoms with Crippen LogP contribution in [0.25, 0.3) is 0 Å². The highest BCUT2D eigenvalue weighted by atomic mass is 16.2. The first-order chi connectivity index (χ1) is 13.0. The average molecular weight is 369 g/mol. The number of rotatable bonds is 4. The lowest BCUT2D eigenvalue weighted by atomic mass is 10.1. The molecule has 4 rings (SSSR count). The molecule has 1 aromatic carbocycles. The second-order valence-electron chi connectivity index (χ2n) is 7.17. The number of nitrogens with one attached hydrogen (secondary N) is 3. The molecule has 0 aliphatic carbocycles. The standard InChI is InChI=1S/C19H23N5O3/c1-12-11-24-16(19(27)21-12)9-15(22-24)18(26)20-10-13-4-6-14(7-5-13)23-8-2-3-17(23)25/h4-7,11,15-16,22H,2-3,8-10H2,1H3,(H,20,26)(H,21,27). The van der Waals surface area contributed by atoms with Crippen molar-refractivity contribution in [3.8, 4) is 0 Å². The van der Waals surface area contributed by atoms with Gasteiger partial charge in [-0.1, -0.05) is 12.1 Å². The Morgan fingerprint density at radius 1 is 1.26 bits per heavy atom. The predicted octanol–water partition coefficient (Wildman–Crippen LogP) is 0.368. The minimum atomic E-state index is -0.440. The molecule has 8 heteroatoms. The molecule has 0 aromatic heterocycles. The Hall–Kier alpha value is -2.87. The number of carbonyl (C=O) groups is 3. The number of hydrogen-bond donors (Lipinski definition) is 3. The lowest BCUT2D eigenvalue weighted by molar-refractivity contribution is -0.125. The van der Waals surface area contributed by atoms with Crippen LogP contribution in [0.5, 0.6) is 0 Å². The van der Waals surface area contributed by atoms with Gasteiger partial charge in [0.15, 0.2) is 0 Å². The molecule has 3 heterocycles. The van der Waals surface area contributed by atoms with Crippen LogP contribution in [0.4, 0.5) is 5.69 Å². The van der Waals surface area contributed by atoms with E-state index in [0.717, 1.165) is 29.9 Å². The van der Waals surface area contributed by atoms with Crippen molar-refractivity contribution in [3.63, 3.8) is 0 Å². The molecule has 3 amide bonds. The number of allylic oxidation sites excluding steroid dienone is 1. The molecule has 3 aliphatic heterocycles. The highest BCUT2D eigenvalue weighted by Crippen LogP contribution is 2.22. The molecular weight excluding hydrogens is 346 g/mol. The summed E-state index contributed by atoms with van der Waals surface area (Å²) in [6.07, 6.45) is 3.74. The second-order valence-corrected chi connectivity index (χ2v) is 7.17. The molecule has 0 bridgehead atoms. The lowest BCUT2D eigenvalue weighted by Gasteiger charge is -2.27. The first-order valence-corrected chi connectivity index (χ1v) is 9.22. The number of hydrogen-bond acceptors (Lipinski definition) is 5. The summed E-state index contributed by atoms with van der Waals surface area (Å²) < 4.78 is 0. The fourth-order valence-electron chi connectivity index (χ4n) is 3.73. The van der Waals surface area contributed by atoms with Crippen LogP contribution in [0, 0.1) is 0 Å². The van der Waals surface area contributed by atoms with E-state index in [9.17, 15) is 14.4 Å². The van der Waals surface area contributed by atoms with E-state index in [4.69, 9.17) is 0 Å². The first kappa shape index (κ1) is 17.5. The molecular formula is C19H23N5O3. The predicted molar refractivity (Wildman–Crippen MR) is 98.9 cm³/mol. The number of anilines is 1. The topological polar surface area (TPSA) is 93.8 Å². The largest absolute Gasteiger partial charge is 0.351 e. The third-order valence-electron chi connectivity index (χ3n) is 5.16. The fourth-order valence-corrected chi connectivity index (χ4v) is 3.73. The van der Waals surface area contributed by atoms with Crippen LogP contribution < -0.4 is 21.0 Å². The molecule has 2 unspecified atom stereocenters. The summed E-state index contributed by atoms with van der Waals surface area (Å²) in [4.78, 5) is 38.1. The maximum absolute atomic E-state index is 12.5. The number of benzene rings is 1. The van der Waals surface area contributed by atoms with Gasteiger partial charge in [0.05, 0.1) is 0 Å². The van der Waals surface area contributed by atoms with E-state index in [1.54, 1.807) is 16.1 Å². The van der Waals surface area contributed by atoms with Crippen LogP contribution in [-0.2, 0) is 20.9 Å². The van der Waals surface area contributed by atoms with E-state index in [2.05, 4.69) is 16.1 Å². The van der Waals surface area contributed by atoms with Crippen molar-refractivity contribution in [2.45, 2.75) is 44.8 Å². The van der Waals surface area contributed by atoms with Crippen LogP contribution >= 0.6 is 0 Å². The van der Waals surface area contributed by atoms with E-state index >= 15 is 0 Å². The Labute approximate surface area is 157 Å². The molecule has 2 atom stereocenters. The number of amides is 3. The zero-order chi connectivity index (χ0) is 19.0. The van der Waals surface area contributed by atoms with Crippen molar-refractivity contribution >= 4 is 23.4 Å². The third-order valence-corrected chi connectivity index (χ3v) is 5.16. The van der Waals surface area contributed by atoms with Gasteiger partial charge in [0, 0.05) is 43.5 Å². The van der Waals surface area contributed by atoms with Gasteiger partial charge >= 0.3 is 0 Å². The van der Waals surface area contributed by atoms with Gasteiger partial charge in [0.25, 0.3) is 0 Å². The molecule has 0 saturated carbocycles. The van der Waals surface area contributed by atoms with Crippen LogP contribution in [0.2, 0.25) is 0 Å². The second kappa shape index (κ2) is 7.03. The van der Waals surface area contributed by atoms with Crippen molar-refractivity contribution in [2.75, 3.05) is 11.4 Å². The van der Waals surface area contributed by atoms with Crippen LogP contribution in [-0.4, -0.2) is 41.4 Å². The quantitative estimate of drug-likeness (QED) is 0.713. The monoisotopic (exact) mass is 369 g/mol. The van der Waals surface area contributed by atoms with Gasteiger partial charge in [-0.15, -0.1) is 0 Å². The smallest absolute Gasteiger partial charge is 0.248 e. The summed E-state index contributed by atoms with van der Waals surface area (Å²) in [6, 6.07) is 6.87. The molecule has 142 valence electrons. The number of nitrogens with zero attached hydrogens (tertiary/aromatic N) is 2. The molecule has 3 aliphatic rings. The SMILES string of the molecule is CC1=CN2NC(C(=O)NCc3ccc(N4CCCC4=O)cc3)CC2C(=O)N1. The van der Waals surface area contributed by atoms with E-state index in [1.807, 2.05) is 31.2 Å². The summed E-state index contributed by atoms with van der Waals surface area (Å²) in [6.45, 7) is 2.97. The van der Waals surface area contributed by atoms with Crippen molar-refractivity contribution in [2.24, 2.45) is 0 Å². The third kappa shape index (κ3) is 3.52. The van der Waals surface area contributed by atoms with Gasteiger partial charge in [0.2, 0.25) is 17.7 Å². The molecule has 8 nitrogen and oxygen atoms in total. The van der Waals surface area contributed by atoms with Crippen LogP contribution in [0.3, 0.4) is 0 Å². The van der Waals surface area contributed by atoms with Crippen molar-refractivity contribution in [1.82, 2.24) is 21.1 Å². The Kier molecular flexibility index (Phi) is 4.57. The maximum atomic E-state index is 12.5. The van der Waals surface area contributed by atoms with Gasteiger partial charge in [-0.25, -0.2) is 5.43 Å². The van der Waals surface area contributed by atoms with E-state index in [-0.39, 0.29) is 23.8 Å². The molecule has 3 N–H and O–H groups in total. The van der Waals surface area contributed by atoms with Crippen molar-refractivity contribution in [3.05, 3.63) is 41.7 Å². The zero-order valence-electron chi connectivity index (χ0n) is 15.2. The summed E-state index contributed by atoms with van der Waals surface area (Å²) in [5.74, 6) is -0.0694. The van der Waals surface area contributed by atoms with Gasteiger partial charge in [0.1, 0.15) is 12.1 Å². The summed E-state index contributed by atoms with van der Waals surface area (Å²) >= 11 is 0. The van der Waals surface area contributed by atoms with E-state index in [0.29, 0.717) is 19.4 Å². The Balaban J connectivity index is 1.32. The van der Waals surface area contributed by atoms with E-state index in [1.165, 1.54) is 0 Å². The molecule has 2 saturated heterocycles. The minimum absolute atomic E-state index is 0.0927. The zero-order valence-corrected chi connectivity index (χ0v) is 15.2. The number of fused-ring (bicyclic) bond motifs is 1. The summed E-state index contributed by atoms with van der Waals surface area (Å²) in [5.41, 5.74) is 5.69. The van der Waals surface area contributed by atoms with Gasteiger partial charge < -0.3 is 20.5 Å². The highest BCUT2D eigenvalue weighted by molar-refractivity contribution is 5.95.